The Morgan fingerprint density at radius 1 is 0.941 bits per heavy atom. The van der Waals surface area contributed by atoms with E-state index in [4.69, 9.17) is 4.74 Å². The van der Waals surface area contributed by atoms with Crippen molar-refractivity contribution in [2.45, 2.75) is 52.7 Å². The van der Waals surface area contributed by atoms with Crippen molar-refractivity contribution in [3.8, 4) is 11.4 Å². The minimum atomic E-state index is -0.581. The third-order valence-electron chi connectivity index (χ3n) is 4.97. The van der Waals surface area contributed by atoms with Gasteiger partial charge in [-0.25, -0.2) is 9.78 Å². The molecule has 1 atom stereocenters. The first-order valence-corrected chi connectivity index (χ1v) is 11.7. The molecule has 2 aromatic carbocycles. The second kappa shape index (κ2) is 11.4. The van der Waals surface area contributed by atoms with Gasteiger partial charge >= 0.3 is 6.09 Å². The third kappa shape index (κ3) is 6.61. The number of benzene rings is 2. The van der Waals surface area contributed by atoms with Crippen molar-refractivity contribution in [1.29, 1.82) is 0 Å². The zero-order valence-electron chi connectivity index (χ0n) is 20.6. The molecular formula is C28H34N4O2. The molecule has 2 heterocycles. The van der Waals surface area contributed by atoms with E-state index in [9.17, 15) is 4.79 Å². The summed E-state index contributed by atoms with van der Waals surface area (Å²) in [5, 5.41) is 3.03. The largest absolute Gasteiger partial charge is 0.444 e. The van der Waals surface area contributed by atoms with Crippen molar-refractivity contribution < 1.29 is 9.53 Å². The van der Waals surface area contributed by atoms with Gasteiger partial charge in [-0.2, -0.15) is 0 Å². The predicted octanol–water partition coefficient (Wildman–Crippen LogP) is 6.50. The monoisotopic (exact) mass is 458 g/mol. The molecule has 2 aromatic heterocycles. The number of hydrogen-bond donors (Lipinski definition) is 1. The van der Waals surface area contributed by atoms with Gasteiger partial charge in [0.05, 0.1) is 6.04 Å². The molecule has 0 aliphatic rings. The number of hydrogen-bond acceptors (Lipinski definition) is 3. The first kappa shape index (κ1) is 24.8. The Balaban J connectivity index is 0.00000158. The summed E-state index contributed by atoms with van der Waals surface area (Å²) in [5.41, 5.74) is 2.53. The summed E-state index contributed by atoms with van der Waals surface area (Å²) in [4.78, 5) is 17.3. The van der Waals surface area contributed by atoms with E-state index in [1.165, 1.54) is 0 Å². The van der Waals surface area contributed by atoms with Crippen LogP contribution < -0.4 is 5.32 Å². The Kier molecular flexibility index (Phi) is 8.30. The molecule has 1 unspecified atom stereocenters. The normalized spacial score (nSPS) is 11.8. The van der Waals surface area contributed by atoms with E-state index >= 15 is 0 Å². The lowest BCUT2D eigenvalue weighted by molar-refractivity contribution is 0.0500. The van der Waals surface area contributed by atoms with Gasteiger partial charge in [-0.3, -0.25) is 0 Å². The lowest BCUT2D eigenvalue weighted by Crippen LogP contribution is -2.36. The van der Waals surface area contributed by atoms with Gasteiger partial charge in [0.15, 0.2) is 0 Å². The molecule has 6 heteroatoms. The maximum absolute atomic E-state index is 12.6. The number of nitrogens with zero attached hydrogens (tertiary/aromatic N) is 3. The summed E-state index contributed by atoms with van der Waals surface area (Å²) in [7, 11) is 0. The average Bonchev–Trinajstić information content (AvgIpc) is 3.52. The van der Waals surface area contributed by atoms with Crippen LogP contribution in [0, 0.1) is 0 Å². The number of carbonyl (C=O) groups is 1. The van der Waals surface area contributed by atoms with Gasteiger partial charge in [0.2, 0.25) is 0 Å². The van der Waals surface area contributed by atoms with Crippen molar-refractivity contribution in [2.75, 3.05) is 0 Å². The van der Waals surface area contributed by atoms with E-state index in [1.54, 1.807) is 6.20 Å². The predicted molar refractivity (Wildman–Crippen MR) is 136 cm³/mol. The molecule has 1 N–H and O–H groups in total. The standard InChI is InChI=1S/C26H28N4O2.C2H6/c1-26(2,3)32-25(31)28-23(18-20-10-5-4-6-11-20)24-27-14-17-30(24)22-13-9-12-21(19-22)29-15-7-8-16-29;1-2/h4-17,19,23H,18H2,1-3H3,(H,28,31);1-2H3. The molecule has 6 nitrogen and oxygen atoms in total. The molecule has 0 bridgehead atoms. The Morgan fingerprint density at radius 2 is 1.62 bits per heavy atom. The fourth-order valence-electron chi connectivity index (χ4n) is 3.61. The maximum Gasteiger partial charge on any atom is 0.408 e. The van der Waals surface area contributed by atoms with E-state index in [0.717, 1.165) is 22.8 Å². The number of nitrogens with one attached hydrogen (secondary N) is 1. The van der Waals surface area contributed by atoms with E-state index in [2.05, 4.69) is 27.0 Å². The van der Waals surface area contributed by atoms with E-state index < -0.39 is 11.7 Å². The number of ether oxygens (including phenoxy) is 1. The number of rotatable bonds is 6. The van der Waals surface area contributed by atoms with Crippen LogP contribution in [-0.4, -0.2) is 25.8 Å². The molecular weight excluding hydrogens is 424 g/mol. The van der Waals surface area contributed by atoms with E-state index in [-0.39, 0.29) is 6.04 Å². The van der Waals surface area contributed by atoms with Crippen LogP contribution in [0.2, 0.25) is 0 Å². The van der Waals surface area contributed by atoms with Crippen molar-refractivity contribution in [1.82, 2.24) is 19.4 Å². The molecule has 178 valence electrons. The zero-order valence-corrected chi connectivity index (χ0v) is 20.6. The molecule has 0 saturated carbocycles. The quantitative estimate of drug-likeness (QED) is 0.359. The molecule has 0 aliphatic heterocycles. The van der Waals surface area contributed by atoms with Crippen LogP contribution in [0.1, 0.15) is 52.0 Å². The van der Waals surface area contributed by atoms with Crippen molar-refractivity contribution in [3.05, 3.63) is 103 Å². The molecule has 0 radical (unpaired) electrons. The first-order valence-electron chi connectivity index (χ1n) is 11.7. The van der Waals surface area contributed by atoms with Crippen LogP contribution in [0.4, 0.5) is 4.79 Å². The van der Waals surface area contributed by atoms with Crippen LogP contribution in [0.5, 0.6) is 0 Å². The van der Waals surface area contributed by atoms with Crippen LogP contribution in [0.25, 0.3) is 11.4 Å². The van der Waals surface area contributed by atoms with Gasteiger partial charge in [-0.1, -0.05) is 50.2 Å². The highest BCUT2D eigenvalue weighted by molar-refractivity contribution is 5.68. The number of alkyl carbamates (subject to hydrolysis) is 1. The lowest BCUT2D eigenvalue weighted by Gasteiger charge is -2.24. The summed E-state index contributed by atoms with van der Waals surface area (Å²) in [5.74, 6) is 0.740. The van der Waals surface area contributed by atoms with Crippen LogP contribution in [0.15, 0.2) is 91.5 Å². The highest BCUT2D eigenvalue weighted by atomic mass is 16.6. The Bertz CT molecular complexity index is 1160. The van der Waals surface area contributed by atoms with Crippen molar-refractivity contribution in [3.63, 3.8) is 0 Å². The SMILES string of the molecule is CC.CC(C)(C)OC(=O)NC(Cc1ccccc1)c1nccn1-c1cccc(-n2cccc2)c1. The topological polar surface area (TPSA) is 61.1 Å². The smallest absolute Gasteiger partial charge is 0.408 e. The van der Waals surface area contributed by atoms with Gasteiger partial charge in [-0.15, -0.1) is 0 Å². The van der Waals surface area contributed by atoms with Crippen molar-refractivity contribution >= 4 is 6.09 Å². The van der Waals surface area contributed by atoms with Gasteiger partial charge in [0, 0.05) is 42.6 Å². The Hall–Kier alpha value is -3.80. The average molecular weight is 459 g/mol. The summed E-state index contributed by atoms with van der Waals surface area (Å²) >= 11 is 0. The summed E-state index contributed by atoms with van der Waals surface area (Å²) in [6, 6.07) is 21.9. The Labute approximate surface area is 202 Å². The molecule has 0 saturated heterocycles. The zero-order chi connectivity index (χ0) is 24.6. The molecule has 0 fully saturated rings. The first-order chi connectivity index (χ1) is 16.4. The number of imidazole rings is 1. The lowest BCUT2D eigenvalue weighted by atomic mass is 10.1. The second-order valence-corrected chi connectivity index (χ2v) is 8.65. The highest BCUT2D eigenvalue weighted by Gasteiger charge is 2.24. The van der Waals surface area contributed by atoms with Gasteiger partial charge in [0.1, 0.15) is 11.4 Å². The molecule has 0 spiro atoms. The van der Waals surface area contributed by atoms with E-state index in [1.807, 2.05) is 112 Å². The second-order valence-electron chi connectivity index (χ2n) is 8.65. The van der Waals surface area contributed by atoms with Gasteiger partial charge in [0.25, 0.3) is 0 Å². The van der Waals surface area contributed by atoms with Gasteiger partial charge in [-0.05, 0) is 56.7 Å². The third-order valence-corrected chi connectivity index (χ3v) is 4.97. The summed E-state index contributed by atoms with van der Waals surface area (Å²) < 4.78 is 9.60. The van der Waals surface area contributed by atoms with Crippen LogP contribution >= 0.6 is 0 Å². The number of amides is 1. The fraction of sp³-hybridized carbons (Fsp3) is 0.286. The maximum atomic E-state index is 12.6. The molecule has 1 amide bonds. The van der Waals surface area contributed by atoms with Crippen molar-refractivity contribution in [2.24, 2.45) is 0 Å². The molecule has 34 heavy (non-hydrogen) atoms. The number of aromatic nitrogens is 3. The minimum Gasteiger partial charge on any atom is -0.444 e. The van der Waals surface area contributed by atoms with E-state index in [0.29, 0.717) is 6.42 Å². The summed E-state index contributed by atoms with van der Waals surface area (Å²) in [6.45, 7) is 9.56. The van der Waals surface area contributed by atoms with Gasteiger partial charge < -0.3 is 19.2 Å². The summed E-state index contributed by atoms with van der Waals surface area (Å²) in [6.07, 6.45) is 7.82. The van der Waals surface area contributed by atoms with Crippen LogP contribution in [0.3, 0.4) is 0 Å². The minimum absolute atomic E-state index is 0.363. The molecule has 0 aliphatic carbocycles. The molecule has 4 aromatic rings. The highest BCUT2D eigenvalue weighted by Crippen LogP contribution is 2.23. The Morgan fingerprint density at radius 3 is 2.29 bits per heavy atom. The fourth-order valence-corrected chi connectivity index (χ4v) is 3.61. The molecule has 4 rings (SSSR count). The number of carbonyl (C=O) groups excluding carboxylic acids is 1. The van der Waals surface area contributed by atoms with Crippen LogP contribution in [-0.2, 0) is 11.2 Å².